The average molecular weight is 673 g/mol. The van der Waals surface area contributed by atoms with Gasteiger partial charge in [-0.05, 0) is 43.6 Å². The first kappa shape index (κ1) is 35.3. The van der Waals surface area contributed by atoms with E-state index in [1.165, 1.54) is 38.3 Å². The van der Waals surface area contributed by atoms with Gasteiger partial charge in [0, 0.05) is 39.4 Å². The van der Waals surface area contributed by atoms with Crippen LogP contribution in [0.2, 0.25) is 0 Å². The number of hydrogen-bond donors (Lipinski definition) is 2. The van der Waals surface area contributed by atoms with Gasteiger partial charge in [-0.15, -0.1) is 0 Å². The summed E-state index contributed by atoms with van der Waals surface area (Å²) in [6.45, 7) is 4.47. The number of carbonyl (C=O) groups excluding carboxylic acids is 4. The highest BCUT2D eigenvalue weighted by molar-refractivity contribution is 7.80. The van der Waals surface area contributed by atoms with Gasteiger partial charge in [0.05, 0.1) is 0 Å². The molecule has 1 saturated heterocycles. The third-order valence-electron chi connectivity index (χ3n) is 7.71. The molecule has 2 fully saturated rings. The van der Waals surface area contributed by atoms with Crippen molar-refractivity contribution in [3.8, 4) is 0 Å². The number of rotatable bonds is 10. The van der Waals surface area contributed by atoms with E-state index in [0.29, 0.717) is 0 Å². The minimum Gasteiger partial charge on any atom is -0.463 e. The van der Waals surface area contributed by atoms with Gasteiger partial charge >= 0.3 is 23.9 Å². The molecule has 0 radical (unpaired) electrons. The van der Waals surface area contributed by atoms with Gasteiger partial charge in [-0.3, -0.25) is 19.2 Å². The molecule has 1 aliphatic heterocycles. The molecule has 7 atom stereocenters. The summed E-state index contributed by atoms with van der Waals surface area (Å²) in [6.07, 6.45) is -1.98. The van der Waals surface area contributed by atoms with Crippen LogP contribution in [0.1, 0.15) is 53.4 Å². The number of esters is 4. The molecule has 1 aliphatic carbocycles. The molecule has 0 amide bonds. The molecule has 46 heavy (non-hydrogen) atoms. The van der Waals surface area contributed by atoms with Gasteiger partial charge in [-0.25, -0.2) is 0 Å². The fraction of sp³-hybridized carbons (Fsp3) is 0.485. The SMILES string of the molecule is CC(=O)OC[C@H]1O[C@@H](NC(=S)N[C@H]2CCCC[C@@H]2P(c2ccccc2)c2ccccc2)[C@H](OC(C)=O)[C@@H](OC(C)=O)[C@@H]1OC(C)=O. The average Bonchev–Trinajstić information content (AvgIpc) is 3.00. The van der Waals surface area contributed by atoms with Crippen LogP contribution in [0.15, 0.2) is 60.7 Å². The first-order valence-electron chi connectivity index (χ1n) is 15.3. The Balaban J connectivity index is 1.61. The van der Waals surface area contributed by atoms with Crippen LogP contribution in [0.25, 0.3) is 0 Å². The summed E-state index contributed by atoms with van der Waals surface area (Å²) < 4.78 is 28.0. The summed E-state index contributed by atoms with van der Waals surface area (Å²) in [5.74, 6) is -2.66. The van der Waals surface area contributed by atoms with Gasteiger partial charge in [0.15, 0.2) is 29.7 Å². The lowest BCUT2D eigenvalue weighted by molar-refractivity contribution is -0.254. The number of hydrogen-bond acceptors (Lipinski definition) is 10. The van der Waals surface area contributed by atoms with E-state index in [2.05, 4.69) is 59.2 Å². The van der Waals surface area contributed by atoms with E-state index in [-0.39, 0.29) is 23.4 Å². The lowest BCUT2D eigenvalue weighted by Gasteiger charge is -2.45. The Labute approximate surface area is 275 Å². The van der Waals surface area contributed by atoms with Crippen molar-refractivity contribution in [1.29, 1.82) is 0 Å². The van der Waals surface area contributed by atoms with Gasteiger partial charge in [0.25, 0.3) is 0 Å². The molecule has 0 aromatic heterocycles. The van der Waals surface area contributed by atoms with Crippen molar-refractivity contribution in [2.24, 2.45) is 0 Å². The van der Waals surface area contributed by atoms with E-state index in [1.54, 1.807) is 0 Å². The second-order valence-corrected chi connectivity index (χ2v) is 14.1. The summed E-state index contributed by atoms with van der Waals surface area (Å²) in [7, 11) is -0.734. The van der Waals surface area contributed by atoms with Gasteiger partial charge in [0.1, 0.15) is 12.7 Å². The summed E-state index contributed by atoms with van der Waals surface area (Å²) in [5, 5.41) is 9.42. The molecule has 0 bridgehead atoms. The van der Waals surface area contributed by atoms with Crippen molar-refractivity contribution >= 4 is 59.7 Å². The number of nitrogens with one attached hydrogen (secondary N) is 2. The van der Waals surface area contributed by atoms with Crippen LogP contribution in [0.4, 0.5) is 0 Å². The van der Waals surface area contributed by atoms with E-state index in [0.717, 1.165) is 25.7 Å². The van der Waals surface area contributed by atoms with Crippen LogP contribution in [0.5, 0.6) is 0 Å². The molecule has 2 aromatic carbocycles. The minimum atomic E-state index is -1.29. The Morgan fingerprint density at radius 3 is 1.80 bits per heavy atom. The number of thiocarbonyl (C=S) groups is 1. The van der Waals surface area contributed by atoms with Crippen LogP contribution in [0, 0.1) is 0 Å². The van der Waals surface area contributed by atoms with Gasteiger partial charge in [0.2, 0.25) is 0 Å². The lowest BCUT2D eigenvalue weighted by atomic mass is 9.95. The lowest BCUT2D eigenvalue weighted by Crippen LogP contribution is -2.67. The smallest absolute Gasteiger partial charge is 0.303 e. The van der Waals surface area contributed by atoms with Crippen molar-refractivity contribution in [2.45, 2.75) is 95.7 Å². The first-order chi connectivity index (χ1) is 22.0. The maximum absolute atomic E-state index is 12.2. The third-order valence-corrected chi connectivity index (χ3v) is 10.9. The quantitative estimate of drug-likeness (QED) is 0.166. The van der Waals surface area contributed by atoms with E-state index < -0.39 is 62.4 Å². The van der Waals surface area contributed by atoms with E-state index in [9.17, 15) is 19.2 Å². The molecule has 248 valence electrons. The Bertz CT molecular complexity index is 1330. The van der Waals surface area contributed by atoms with Crippen molar-refractivity contribution in [2.75, 3.05) is 6.61 Å². The number of benzene rings is 2. The summed E-state index contributed by atoms with van der Waals surface area (Å²) in [5.41, 5.74) is 0.267. The van der Waals surface area contributed by atoms with Crippen LogP contribution in [0.3, 0.4) is 0 Å². The molecular weight excluding hydrogens is 631 g/mol. The Morgan fingerprint density at radius 2 is 1.26 bits per heavy atom. The van der Waals surface area contributed by atoms with Crippen LogP contribution in [-0.4, -0.2) is 77.9 Å². The van der Waals surface area contributed by atoms with Crippen molar-refractivity contribution in [3.63, 3.8) is 0 Å². The molecule has 0 unspecified atom stereocenters. The highest BCUT2D eigenvalue weighted by Gasteiger charge is 2.52. The minimum absolute atomic E-state index is 0.0194. The molecule has 1 saturated carbocycles. The summed E-state index contributed by atoms with van der Waals surface area (Å²) >= 11 is 5.81. The highest BCUT2D eigenvalue weighted by Crippen LogP contribution is 2.46. The van der Waals surface area contributed by atoms with E-state index in [1.807, 2.05) is 12.1 Å². The Hall–Kier alpha value is -3.60. The van der Waals surface area contributed by atoms with Gasteiger partial charge < -0.3 is 34.3 Å². The second kappa shape index (κ2) is 16.8. The molecule has 2 aromatic rings. The molecule has 1 heterocycles. The maximum Gasteiger partial charge on any atom is 0.303 e. The Morgan fingerprint density at radius 1 is 0.739 bits per heavy atom. The fourth-order valence-corrected chi connectivity index (χ4v) is 9.32. The van der Waals surface area contributed by atoms with Gasteiger partial charge in [-0.1, -0.05) is 73.5 Å². The number of ether oxygens (including phenoxy) is 5. The molecule has 4 rings (SSSR count). The molecule has 11 nitrogen and oxygen atoms in total. The zero-order valence-electron chi connectivity index (χ0n) is 26.4. The van der Waals surface area contributed by atoms with Crippen LogP contribution < -0.4 is 21.2 Å². The molecule has 2 N–H and O–H groups in total. The van der Waals surface area contributed by atoms with Crippen molar-refractivity contribution < 1.29 is 42.9 Å². The molecule has 13 heteroatoms. The zero-order valence-corrected chi connectivity index (χ0v) is 28.1. The fourth-order valence-electron chi connectivity index (χ4n) is 5.98. The summed E-state index contributed by atoms with van der Waals surface area (Å²) in [4.78, 5) is 48.1. The molecule has 0 spiro atoms. The summed E-state index contributed by atoms with van der Waals surface area (Å²) in [6, 6.07) is 21.0. The Kier molecular flexibility index (Phi) is 12.9. The van der Waals surface area contributed by atoms with Crippen molar-refractivity contribution in [3.05, 3.63) is 60.7 Å². The maximum atomic E-state index is 12.2. The third kappa shape index (κ3) is 9.70. The standard InChI is InChI=1S/C33H41N2O9PS/c1-20(36)40-19-27-29(41-21(2)37)30(42-22(3)38)31(43-23(4)39)32(44-27)35-33(46)34-26-17-11-12-18-28(26)45(24-13-7-5-8-14-24)25-15-9-6-10-16-25/h5-10,13-16,26-32H,11-12,17-19H2,1-4H3,(H2,34,35,46)/t26-,27+,28-,29+,30-,31+,32+/m0/s1. The highest BCUT2D eigenvalue weighted by atomic mass is 32.1. The van der Waals surface area contributed by atoms with Crippen LogP contribution in [-0.2, 0) is 42.9 Å². The normalized spacial score (nSPS) is 25.9. The van der Waals surface area contributed by atoms with Crippen LogP contribution >= 0.6 is 20.1 Å². The monoisotopic (exact) mass is 672 g/mol. The predicted octanol–water partition coefficient (Wildman–Crippen LogP) is 2.98. The molecule has 2 aliphatic rings. The zero-order chi connectivity index (χ0) is 33.2. The largest absolute Gasteiger partial charge is 0.463 e. The number of carbonyl (C=O) groups is 4. The van der Waals surface area contributed by atoms with E-state index >= 15 is 0 Å². The van der Waals surface area contributed by atoms with Gasteiger partial charge in [-0.2, -0.15) is 0 Å². The topological polar surface area (TPSA) is 138 Å². The molecular formula is C33H41N2O9PS. The second-order valence-electron chi connectivity index (χ2n) is 11.2. The predicted molar refractivity (Wildman–Crippen MR) is 176 cm³/mol. The first-order valence-corrected chi connectivity index (χ1v) is 17.1. The van der Waals surface area contributed by atoms with E-state index in [4.69, 9.17) is 35.9 Å². The van der Waals surface area contributed by atoms with Crippen molar-refractivity contribution in [1.82, 2.24) is 10.6 Å².